The Morgan fingerprint density at radius 3 is 2.36 bits per heavy atom. The van der Waals surface area contributed by atoms with E-state index in [1.807, 2.05) is 45.0 Å². The average molecular weight is 342 g/mol. The fourth-order valence-corrected chi connectivity index (χ4v) is 3.34. The zero-order valence-electron chi connectivity index (χ0n) is 15.4. The van der Waals surface area contributed by atoms with E-state index < -0.39 is 0 Å². The number of nitrogens with one attached hydrogen (secondary N) is 1. The van der Waals surface area contributed by atoms with Gasteiger partial charge >= 0.3 is 0 Å². The van der Waals surface area contributed by atoms with Crippen LogP contribution < -0.4 is 10.1 Å². The predicted molar refractivity (Wildman–Crippen MR) is 95.6 cm³/mol. The van der Waals surface area contributed by atoms with Gasteiger partial charge in [-0.1, -0.05) is 25.0 Å². The summed E-state index contributed by atoms with van der Waals surface area (Å²) < 4.78 is 6.96. The van der Waals surface area contributed by atoms with Crippen molar-refractivity contribution in [3.63, 3.8) is 0 Å². The summed E-state index contributed by atoms with van der Waals surface area (Å²) in [7, 11) is 1.65. The van der Waals surface area contributed by atoms with E-state index in [9.17, 15) is 4.79 Å². The van der Waals surface area contributed by atoms with Crippen LogP contribution in [-0.4, -0.2) is 27.8 Å². The van der Waals surface area contributed by atoms with Gasteiger partial charge in [-0.15, -0.1) is 5.10 Å². The van der Waals surface area contributed by atoms with Crippen LogP contribution in [0.2, 0.25) is 0 Å². The monoisotopic (exact) mass is 342 g/mol. The Morgan fingerprint density at radius 2 is 1.84 bits per heavy atom. The highest BCUT2D eigenvalue weighted by Crippen LogP contribution is 2.39. The molecular formula is C19H26N4O2. The lowest BCUT2D eigenvalue weighted by molar-refractivity contribution is 0.0886. The van der Waals surface area contributed by atoms with Gasteiger partial charge in [0.1, 0.15) is 12.1 Å². The van der Waals surface area contributed by atoms with Crippen LogP contribution >= 0.6 is 0 Å². The Hall–Kier alpha value is -2.37. The maximum atomic E-state index is 12.8. The van der Waals surface area contributed by atoms with Crippen molar-refractivity contribution in [1.29, 1.82) is 0 Å². The summed E-state index contributed by atoms with van der Waals surface area (Å²) in [5.74, 6) is 0.809. The number of carbonyl (C=O) groups is 1. The number of hydrogen-bond acceptors (Lipinski definition) is 4. The van der Waals surface area contributed by atoms with Crippen LogP contribution in [0.5, 0.6) is 5.75 Å². The van der Waals surface area contributed by atoms with Gasteiger partial charge in [0.25, 0.3) is 5.91 Å². The maximum absolute atomic E-state index is 12.8. The summed E-state index contributed by atoms with van der Waals surface area (Å²) >= 11 is 0. The molecule has 0 bridgehead atoms. The molecular weight excluding hydrogens is 316 g/mol. The second-order valence-electron chi connectivity index (χ2n) is 7.66. The number of aromatic nitrogens is 3. The fraction of sp³-hybridized carbons (Fsp3) is 0.526. The first-order valence-corrected chi connectivity index (χ1v) is 8.73. The van der Waals surface area contributed by atoms with E-state index in [4.69, 9.17) is 4.74 Å². The van der Waals surface area contributed by atoms with E-state index in [0.29, 0.717) is 0 Å². The third kappa shape index (κ3) is 3.52. The maximum Gasteiger partial charge on any atom is 0.291 e. The summed E-state index contributed by atoms with van der Waals surface area (Å²) in [6.45, 7) is 6.08. The van der Waals surface area contributed by atoms with Crippen molar-refractivity contribution in [3.8, 4) is 5.75 Å². The Morgan fingerprint density at radius 1 is 1.20 bits per heavy atom. The molecule has 0 atom stereocenters. The van der Waals surface area contributed by atoms with Gasteiger partial charge in [-0.3, -0.25) is 4.79 Å². The molecule has 0 radical (unpaired) electrons. The zero-order valence-corrected chi connectivity index (χ0v) is 15.4. The number of nitrogens with zero attached hydrogens (tertiary/aromatic N) is 3. The molecule has 6 nitrogen and oxygen atoms in total. The molecule has 25 heavy (non-hydrogen) atoms. The third-order valence-electron chi connectivity index (χ3n) is 4.83. The van der Waals surface area contributed by atoms with Gasteiger partial charge in [-0.25, -0.2) is 9.67 Å². The lowest BCUT2D eigenvalue weighted by Crippen LogP contribution is -2.44. The number of methoxy groups -OCH3 is 1. The number of hydrogen-bond donors (Lipinski definition) is 1. The van der Waals surface area contributed by atoms with Crippen LogP contribution in [0.4, 0.5) is 0 Å². The van der Waals surface area contributed by atoms with Crippen molar-refractivity contribution in [2.45, 2.75) is 57.5 Å². The van der Waals surface area contributed by atoms with Gasteiger partial charge < -0.3 is 10.1 Å². The Kier molecular flexibility index (Phi) is 4.54. The zero-order chi connectivity index (χ0) is 18.1. The first kappa shape index (κ1) is 17.5. The molecule has 1 aromatic heterocycles. The highest BCUT2D eigenvalue weighted by atomic mass is 16.5. The number of carbonyl (C=O) groups excluding carboxylic acids is 1. The summed E-state index contributed by atoms with van der Waals surface area (Å²) in [6.07, 6.45) is 5.64. The van der Waals surface area contributed by atoms with Gasteiger partial charge in [-0.05, 0) is 51.3 Å². The van der Waals surface area contributed by atoms with Crippen molar-refractivity contribution in [1.82, 2.24) is 20.1 Å². The van der Waals surface area contributed by atoms with E-state index in [2.05, 4.69) is 15.4 Å². The smallest absolute Gasteiger partial charge is 0.291 e. The van der Waals surface area contributed by atoms with Crippen LogP contribution in [-0.2, 0) is 11.1 Å². The molecule has 3 rings (SSSR count). The molecule has 2 aromatic rings. The SMILES string of the molecule is COc1ccc(C2(NC(=O)c3ncn(C(C)(C)C)n3)CCCC2)cc1. The minimum Gasteiger partial charge on any atom is -0.497 e. The normalized spacial score (nSPS) is 16.6. The second-order valence-corrected chi connectivity index (χ2v) is 7.66. The summed E-state index contributed by atoms with van der Waals surface area (Å²) in [6, 6.07) is 7.94. The number of amides is 1. The molecule has 1 aliphatic rings. The van der Waals surface area contributed by atoms with Gasteiger partial charge in [0.2, 0.25) is 5.82 Å². The molecule has 6 heteroatoms. The molecule has 0 saturated heterocycles. The summed E-state index contributed by atoms with van der Waals surface area (Å²) in [5.41, 5.74) is 0.553. The molecule has 0 aliphatic heterocycles. The number of benzene rings is 1. The van der Waals surface area contributed by atoms with Crippen LogP contribution in [0.15, 0.2) is 30.6 Å². The average Bonchev–Trinajstić information content (AvgIpc) is 3.24. The molecule has 0 spiro atoms. The second kappa shape index (κ2) is 6.50. The van der Waals surface area contributed by atoms with Gasteiger partial charge in [0.15, 0.2) is 0 Å². The fourth-order valence-electron chi connectivity index (χ4n) is 3.34. The highest BCUT2D eigenvalue weighted by molar-refractivity contribution is 5.91. The molecule has 1 aromatic carbocycles. The molecule has 134 valence electrons. The van der Waals surface area contributed by atoms with Crippen LogP contribution in [0.25, 0.3) is 0 Å². The van der Waals surface area contributed by atoms with E-state index in [-0.39, 0.29) is 22.8 Å². The van der Waals surface area contributed by atoms with Crippen LogP contribution in [0.3, 0.4) is 0 Å². The molecule has 1 saturated carbocycles. The Labute approximate surface area is 148 Å². The molecule has 0 unspecified atom stereocenters. The van der Waals surface area contributed by atoms with Gasteiger partial charge in [0.05, 0.1) is 18.2 Å². The standard InChI is InChI=1S/C19H26N4O2/c1-18(2,3)23-13-20-16(22-23)17(24)21-19(11-5-6-12-19)14-7-9-15(25-4)10-8-14/h7-10,13H,5-6,11-12H2,1-4H3,(H,21,24). The van der Waals surface area contributed by atoms with E-state index >= 15 is 0 Å². The topological polar surface area (TPSA) is 69.0 Å². The minimum atomic E-state index is -0.351. The van der Waals surface area contributed by atoms with Crippen molar-refractivity contribution in [3.05, 3.63) is 42.0 Å². The van der Waals surface area contributed by atoms with Crippen LogP contribution in [0.1, 0.15) is 62.6 Å². The van der Waals surface area contributed by atoms with Crippen molar-refractivity contribution in [2.75, 3.05) is 7.11 Å². The predicted octanol–water partition coefficient (Wildman–Crippen LogP) is 3.24. The summed E-state index contributed by atoms with van der Waals surface area (Å²) in [4.78, 5) is 17.0. The van der Waals surface area contributed by atoms with Crippen molar-refractivity contribution in [2.24, 2.45) is 0 Å². The Bertz CT molecular complexity index is 738. The third-order valence-corrected chi connectivity index (χ3v) is 4.83. The summed E-state index contributed by atoms with van der Waals surface area (Å²) in [5, 5.41) is 7.56. The molecule has 1 heterocycles. The van der Waals surface area contributed by atoms with E-state index in [0.717, 1.165) is 37.0 Å². The largest absolute Gasteiger partial charge is 0.497 e. The Balaban J connectivity index is 1.84. The lowest BCUT2D eigenvalue weighted by atomic mass is 9.88. The molecule has 1 amide bonds. The number of rotatable bonds is 4. The molecule has 1 aliphatic carbocycles. The van der Waals surface area contributed by atoms with E-state index in [1.165, 1.54) is 0 Å². The van der Waals surface area contributed by atoms with E-state index in [1.54, 1.807) is 18.1 Å². The van der Waals surface area contributed by atoms with Gasteiger partial charge in [-0.2, -0.15) is 0 Å². The van der Waals surface area contributed by atoms with Gasteiger partial charge in [0, 0.05) is 0 Å². The van der Waals surface area contributed by atoms with Crippen molar-refractivity contribution >= 4 is 5.91 Å². The number of ether oxygens (including phenoxy) is 1. The minimum absolute atomic E-state index is 0.202. The first-order chi connectivity index (χ1) is 11.8. The lowest BCUT2D eigenvalue weighted by Gasteiger charge is -2.30. The van der Waals surface area contributed by atoms with Crippen LogP contribution in [0, 0.1) is 0 Å². The molecule has 1 fully saturated rings. The molecule has 1 N–H and O–H groups in total. The van der Waals surface area contributed by atoms with Crippen molar-refractivity contribution < 1.29 is 9.53 Å². The first-order valence-electron chi connectivity index (χ1n) is 8.73. The highest BCUT2D eigenvalue weighted by Gasteiger charge is 2.38. The quantitative estimate of drug-likeness (QED) is 0.926.